The zero-order valence-corrected chi connectivity index (χ0v) is 15.1. The lowest BCUT2D eigenvalue weighted by Crippen LogP contribution is -2.54. The second-order valence-corrected chi connectivity index (χ2v) is 6.67. The van der Waals surface area contributed by atoms with Gasteiger partial charge in [-0.25, -0.2) is 0 Å². The molecule has 0 amide bonds. The highest BCUT2D eigenvalue weighted by Gasteiger charge is 2.37. The fourth-order valence-corrected chi connectivity index (χ4v) is 2.78. The molecular formula is C19H36O5. The standard InChI is InChI=1S/C19H36O5/c1-2-3-4-5-6-7-8-9-10-11-12-13-23-15-17-19(22)18(21)16(20)14-24-17/h6-7,16-22H,2-5,8-15H2,1H3/b7-6+/t16-,17+,18+,19+/m1/s1. The molecule has 0 aromatic rings. The van der Waals surface area contributed by atoms with Crippen LogP contribution in [0.15, 0.2) is 12.2 Å². The average Bonchev–Trinajstić information content (AvgIpc) is 2.58. The Balaban J connectivity index is 1.89. The van der Waals surface area contributed by atoms with E-state index in [4.69, 9.17) is 9.47 Å². The van der Waals surface area contributed by atoms with E-state index in [0.29, 0.717) is 6.61 Å². The molecule has 5 heteroatoms. The van der Waals surface area contributed by atoms with E-state index in [0.717, 1.165) is 19.3 Å². The molecule has 1 rings (SSSR count). The maximum Gasteiger partial charge on any atom is 0.111 e. The van der Waals surface area contributed by atoms with Gasteiger partial charge in [0.25, 0.3) is 0 Å². The first-order valence-electron chi connectivity index (χ1n) is 9.55. The highest BCUT2D eigenvalue weighted by molar-refractivity contribution is 4.86. The quantitative estimate of drug-likeness (QED) is 0.353. The number of unbranched alkanes of at least 4 members (excludes halogenated alkanes) is 7. The van der Waals surface area contributed by atoms with Crippen molar-refractivity contribution in [2.75, 3.05) is 19.8 Å². The van der Waals surface area contributed by atoms with Gasteiger partial charge in [-0.2, -0.15) is 0 Å². The van der Waals surface area contributed by atoms with Crippen molar-refractivity contribution >= 4 is 0 Å². The van der Waals surface area contributed by atoms with Crippen molar-refractivity contribution in [3.63, 3.8) is 0 Å². The van der Waals surface area contributed by atoms with Crippen LogP contribution in [0, 0.1) is 0 Å². The van der Waals surface area contributed by atoms with Gasteiger partial charge >= 0.3 is 0 Å². The van der Waals surface area contributed by atoms with Crippen LogP contribution in [0.2, 0.25) is 0 Å². The molecule has 1 saturated heterocycles. The third-order valence-electron chi connectivity index (χ3n) is 4.44. The lowest BCUT2D eigenvalue weighted by molar-refractivity contribution is -0.199. The second-order valence-electron chi connectivity index (χ2n) is 6.67. The number of hydrogen-bond acceptors (Lipinski definition) is 5. The van der Waals surface area contributed by atoms with Crippen LogP contribution in [0.4, 0.5) is 0 Å². The summed E-state index contributed by atoms with van der Waals surface area (Å²) in [5.74, 6) is 0. The molecule has 0 saturated carbocycles. The molecule has 142 valence electrons. The van der Waals surface area contributed by atoms with E-state index in [1.807, 2.05) is 0 Å². The maximum absolute atomic E-state index is 9.78. The third-order valence-corrected chi connectivity index (χ3v) is 4.44. The highest BCUT2D eigenvalue weighted by Crippen LogP contribution is 2.16. The Labute approximate surface area is 146 Å². The van der Waals surface area contributed by atoms with Gasteiger partial charge < -0.3 is 24.8 Å². The van der Waals surface area contributed by atoms with E-state index in [1.165, 1.54) is 38.5 Å². The van der Waals surface area contributed by atoms with Gasteiger partial charge in [0, 0.05) is 6.61 Å². The van der Waals surface area contributed by atoms with Crippen molar-refractivity contribution in [2.24, 2.45) is 0 Å². The molecule has 0 aromatic carbocycles. The summed E-state index contributed by atoms with van der Waals surface area (Å²) in [6.45, 7) is 3.16. The van der Waals surface area contributed by atoms with Crippen LogP contribution >= 0.6 is 0 Å². The van der Waals surface area contributed by atoms with E-state index in [9.17, 15) is 15.3 Å². The average molecular weight is 344 g/mol. The van der Waals surface area contributed by atoms with Crippen LogP contribution in [0.3, 0.4) is 0 Å². The second kappa shape index (κ2) is 13.8. The number of ether oxygens (including phenoxy) is 2. The summed E-state index contributed by atoms with van der Waals surface area (Å²) in [6.07, 6.45) is 11.6. The van der Waals surface area contributed by atoms with Crippen molar-refractivity contribution in [1.29, 1.82) is 0 Å². The molecule has 0 bridgehead atoms. The maximum atomic E-state index is 9.78. The number of aliphatic hydroxyl groups excluding tert-OH is 3. The fourth-order valence-electron chi connectivity index (χ4n) is 2.78. The number of hydrogen-bond donors (Lipinski definition) is 3. The Bertz CT molecular complexity index is 321. The zero-order valence-electron chi connectivity index (χ0n) is 15.1. The summed E-state index contributed by atoms with van der Waals surface area (Å²) in [5.41, 5.74) is 0. The Kier molecular flexibility index (Phi) is 12.4. The van der Waals surface area contributed by atoms with Crippen molar-refractivity contribution in [3.05, 3.63) is 12.2 Å². The van der Waals surface area contributed by atoms with Crippen LogP contribution in [-0.2, 0) is 9.47 Å². The molecule has 0 unspecified atom stereocenters. The van der Waals surface area contributed by atoms with Gasteiger partial charge in [-0.3, -0.25) is 0 Å². The zero-order chi connectivity index (χ0) is 17.6. The van der Waals surface area contributed by atoms with Gasteiger partial charge in [-0.15, -0.1) is 0 Å². The summed E-state index contributed by atoms with van der Waals surface area (Å²) in [4.78, 5) is 0. The summed E-state index contributed by atoms with van der Waals surface area (Å²) in [7, 11) is 0. The van der Waals surface area contributed by atoms with Gasteiger partial charge in [0.15, 0.2) is 0 Å². The van der Waals surface area contributed by atoms with E-state index >= 15 is 0 Å². The fraction of sp³-hybridized carbons (Fsp3) is 0.895. The first-order chi connectivity index (χ1) is 11.7. The van der Waals surface area contributed by atoms with Gasteiger partial charge in [0.2, 0.25) is 0 Å². The molecule has 1 aliphatic rings. The Morgan fingerprint density at radius 1 is 0.917 bits per heavy atom. The minimum atomic E-state index is -1.15. The Morgan fingerprint density at radius 2 is 1.58 bits per heavy atom. The van der Waals surface area contributed by atoms with Crippen molar-refractivity contribution < 1.29 is 24.8 Å². The SMILES string of the molecule is CCCCC/C=C/CCCCCCOC[C@@H]1OC[C@@H](O)[C@H](O)[C@H]1O. The minimum Gasteiger partial charge on any atom is -0.388 e. The molecule has 0 spiro atoms. The summed E-state index contributed by atoms with van der Waals surface area (Å²) in [5, 5.41) is 28.7. The largest absolute Gasteiger partial charge is 0.388 e. The van der Waals surface area contributed by atoms with Crippen LogP contribution in [0.25, 0.3) is 0 Å². The molecule has 0 aromatic heterocycles. The third kappa shape index (κ3) is 9.14. The molecule has 4 atom stereocenters. The molecule has 0 aliphatic carbocycles. The number of allylic oxidation sites excluding steroid dienone is 2. The molecular weight excluding hydrogens is 308 g/mol. The summed E-state index contributed by atoms with van der Waals surface area (Å²) >= 11 is 0. The lowest BCUT2D eigenvalue weighted by atomic mass is 10.0. The van der Waals surface area contributed by atoms with E-state index < -0.39 is 24.4 Å². The topological polar surface area (TPSA) is 79.2 Å². The van der Waals surface area contributed by atoms with E-state index in [2.05, 4.69) is 19.1 Å². The molecule has 5 nitrogen and oxygen atoms in total. The van der Waals surface area contributed by atoms with Crippen molar-refractivity contribution in [1.82, 2.24) is 0 Å². The Hall–Kier alpha value is -0.460. The normalized spacial score (nSPS) is 27.8. The van der Waals surface area contributed by atoms with Gasteiger partial charge in [0.1, 0.15) is 24.4 Å². The number of aliphatic hydroxyl groups is 3. The first kappa shape index (κ1) is 21.6. The lowest BCUT2D eigenvalue weighted by Gasteiger charge is -2.35. The van der Waals surface area contributed by atoms with Crippen LogP contribution in [-0.4, -0.2) is 59.6 Å². The molecule has 1 aliphatic heterocycles. The smallest absolute Gasteiger partial charge is 0.111 e. The molecule has 0 radical (unpaired) electrons. The summed E-state index contributed by atoms with van der Waals surface area (Å²) in [6, 6.07) is 0. The van der Waals surface area contributed by atoms with Crippen LogP contribution in [0.1, 0.15) is 64.7 Å². The van der Waals surface area contributed by atoms with E-state index in [1.54, 1.807) is 0 Å². The molecule has 1 heterocycles. The highest BCUT2D eigenvalue weighted by atomic mass is 16.6. The van der Waals surface area contributed by atoms with Crippen molar-refractivity contribution in [2.45, 2.75) is 89.1 Å². The van der Waals surface area contributed by atoms with Crippen LogP contribution < -0.4 is 0 Å². The van der Waals surface area contributed by atoms with Crippen molar-refractivity contribution in [3.8, 4) is 0 Å². The van der Waals surface area contributed by atoms with Crippen LogP contribution in [0.5, 0.6) is 0 Å². The predicted octanol–water partition coefficient (Wildman–Crippen LogP) is 2.57. The Morgan fingerprint density at radius 3 is 2.29 bits per heavy atom. The first-order valence-corrected chi connectivity index (χ1v) is 9.55. The number of rotatable bonds is 13. The van der Waals surface area contributed by atoms with Gasteiger partial charge in [-0.1, -0.05) is 44.8 Å². The summed E-state index contributed by atoms with van der Waals surface area (Å²) < 4.78 is 10.8. The molecule has 1 fully saturated rings. The predicted molar refractivity (Wildman–Crippen MR) is 94.9 cm³/mol. The molecule has 24 heavy (non-hydrogen) atoms. The monoisotopic (exact) mass is 344 g/mol. The van der Waals surface area contributed by atoms with E-state index in [-0.39, 0.29) is 13.2 Å². The minimum absolute atomic E-state index is 0.0399. The van der Waals surface area contributed by atoms with Gasteiger partial charge in [0.05, 0.1) is 13.2 Å². The molecule has 3 N–H and O–H groups in total. The van der Waals surface area contributed by atoms with Gasteiger partial charge in [-0.05, 0) is 32.1 Å².